The summed E-state index contributed by atoms with van der Waals surface area (Å²) in [5.41, 5.74) is -3.51. The van der Waals surface area contributed by atoms with Gasteiger partial charge < -0.3 is 43.6 Å². The molecule has 1 aromatic heterocycles. The molecule has 6 aliphatic heterocycles. The Morgan fingerprint density at radius 1 is 1.02 bits per heavy atom. The number of methoxy groups -OCH3 is 3. The summed E-state index contributed by atoms with van der Waals surface area (Å²) in [5.74, 6) is -2.97. The van der Waals surface area contributed by atoms with Gasteiger partial charge in [-0.3, -0.25) is 24.1 Å². The van der Waals surface area contributed by atoms with E-state index >= 15 is 4.79 Å². The van der Waals surface area contributed by atoms with Crippen LogP contribution < -0.4 is 9.64 Å². The highest BCUT2D eigenvalue weighted by Gasteiger charge is 2.81. The van der Waals surface area contributed by atoms with Gasteiger partial charge in [-0.25, -0.2) is 4.79 Å². The third kappa shape index (κ3) is 4.77. The standard InChI is InChI=1S/C46H52N4O11/c1-7-42-15-11-17-48-19-16-44(37(42)48)29-20-30(33(57-4)21-32(29)50(24-51)38(44)46(56,41(55)59-6)39(42)60-25(3)52)45(40(54)58-5)22-28-35-43(8-2,61-35)23-49(36(28)53)18-14-27-26-12-9-10-13-31(26)47-34(27)45/h9-13,15,20-21,24,28,35,37-39,47,56H,7-8,14,16-19,22-23H2,1-6H3/t28-,35?,37-,38+,39+,42+,43-,44+,45-,46-/m0/s1. The van der Waals surface area contributed by atoms with E-state index in [4.69, 9.17) is 23.7 Å². The van der Waals surface area contributed by atoms with Crippen LogP contribution in [-0.2, 0) is 60.2 Å². The Morgan fingerprint density at radius 3 is 2.48 bits per heavy atom. The van der Waals surface area contributed by atoms with Gasteiger partial charge in [0, 0.05) is 65.1 Å². The van der Waals surface area contributed by atoms with Gasteiger partial charge in [-0.2, -0.15) is 0 Å². The number of epoxide rings is 1. The van der Waals surface area contributed by atoms with Crippen molar-refractivity contribution < 1.29 is 52.8 Å². The first kappa shape index (κ1) is 39.9. The molecule has 61 heavy (non-hydrogen) atoms. The van der Waals surface area contributed by atoms with Gasteiger partial charge in [-0.05, 0) is 61.9 Å². The number of aromatic amines is 1. The number of esters is 3. The van der Waals surface area contributed by atoms with Crippen molar-refractivity contribution in [2.75, 3.05) is 52.4 Å². The van der Waals surface area contributed by atoms with E-state index in [0.29, 0.717) is 80.8 Å². The molecule has 7 heterocycles. The Labute approximate surface area is 353 Å². The molecule has 2 aromatic carbocycles. The van der Waals surface area contributed by atoms with Crippen molar-refractivity contribution in [1.82, 2.24) is 14.8 Å². The van der Waals surface area contributed by atoms with Crippen LogP contribution in [0.3, 0.4) is 0 Å². The highest BCUT2D eigenvalue weighted by Crippen LogP contribution is 2.68. The smallest absolute Gasteiger partial charge is 0.344 e. The van der Waals surface area contributed by atoms with Gasteiger partial charge in [0.25, 0.3) is 0 Å². The summed E-state index contributed by atoms with van der Waals surface area (Å²) >= 11 is 0. The highest BCUT2D eigenvalue weighted by atomic mass is 16.6. The lowest BCUT2D eigenvalue weighted by atomic mass is 9.47. The number of aliphatic hydroxyl groups is 1. The number of nitrogens with one attached hydrogen (secondary N) is 1. The average Bonchev–Trinajstić information content (AvgIpc) is 3.52. The molecule has 1 unspecified atom stereocenters. The third-order valence-corrected chi connectivity index (χ3v) is 15.9. The molecule has 0 radical (unpaired) electrons. The van der Waals surface area contributed by atoms with Gasteiger partial charge in [0.05, 0.1) is 45.5 Å². The number of anilines is 1. The zero-order chi connectivity index (χ0) is 43.0. The summed E-state index contributed by atoms with van der Waals surface area (Å²) in [6.45, 7) is 7.15. The van der Waals surface area contributed by atoms with Crippen LogP contribution in [0.2, 0.25) is 0 Å². The lowest BCUT2D eigenvalue weighted by Gasteiger charge is -2.63. The van der Waals surface area contributed by atoms with Gasteiger partial charge in [0.1, 0.15) is 22.9 Å². The molecule has 322 valence electrons. The Balaban J connectivity index is 1.30. The number of carbonyl (C=O) groups is 5. The van der Waals surface area contributed by atoms with Gasteiger partial charge in [-0.1, -0.05) is 44.2 Å². The monoisotopic (exact) mass is 836 g/mol. The minimum Gasteiger partial charge on any atom is -0.496 e. The Kier molecular flexibility index (Phi) is 8.74. The van der Waals surface area contributed by atoms with Crippen molar-refractivity contribution in [3.05, 3.63) is 70.9 Å². The summed E-state index contributed by atoms with van der Waals surface area (Å²) in [7, 11) is 3.98. The minimum atomic E-state index is -2.56. The fourth-order valence-electron chi connectivity index (χ4n) is 13.5. The first-order valence-electron chi connectivity index (χ1n) is 21.3. The number of hydrogen-bond acceptors (Lipinski definition) is 12. The highest BCUT2D eigenvalue weighted by molar-refractivity contribution is 5.97. The van der Waals surface area contributed by atoms with Crippen LogP contribution in [0.25, 0.3) is 10.9 Å². The maximum Gasteiger partial charge on any atom is 0.344 e. The Morgan fingerprint density at radius 2 is 1.79 bits per heavy atom. The minimum absolute atomic E-state index is 0.0258. The Bertz CT molecular complexity index is 2450. The van der Waals surface area contributed by atoms with Crippen LogP contribution in [0.15, 0.2) is 48.6 Å². The van der Waals surface area contributed by atoms with Crippen molar-refractivity contribution in [2.24, 2.45) is 11.3 Å². The van der Waals surface area contributed by atoms with Gasteiger partial charge >= 0.3 is 17.9 Å². The number of hydrogen-bond donors (Lipinski definition) is 2. The fraction of sp³-hybridized carbons (Fsp3) is 0.543. The van der Waals surface area contributed by atoms with E-state index in [1.165, 1.54) is 26.0 Å². The van der Waals surface area contributed by atoms with E-state index in [2.05, 4.69) is 16.8 Å². The number of amides is 2. The number of fused-ring (bicyclic) bond motifs is 8. The number of piperidine rings is 1. The summed E-state index contributed by atoms with van der Waals surface area (Å²) in [4.78, 5) is 80.4. The molecule has 7 aliphatic rings. The summed E-state index contributed by atoms with van der Waals surface area (Å²) in [6, 6.07) is 9.61. The van der Waals surface area contributed by atoms with Gasteiger partial charge in [0.15, 0.2) is 6.10 Å². The van der Waals surface area contributed by atoms with Crippen LogP contribution in [0.4, 0.5) is 5.69 Å². The van der Waals surface area contributed by atoms with E-state index in [1.54, 1.807) is 6.07 Å². The first-order valence-corrected chi connectivity index (χ1v) is 21.3. The molecule has 10 rings (SSSR count). The normalized spacial score (nSPS) is 36.6. The average molecular weight is 837 g/mol. The van der Waals surface area contributed by atoms with E-state index in [9.17, 15) is 24.3 Å². The Hall–Kier alpha value is -5.25. The first-order chi connectivity index (χ1) is 29.3. The van der Waals surface area contributed by atoms with Crippen LogP contribution in [-0.4, -0.2) is 133 Å². The van der Waals surface area contributed by atoms with Crippen LogP contribution in [0.5, 0.6) is 5.75 Å². The lowest BCUT2D eigenvalue weighted by Crippen LogP contribution is -2.81. The molecule has 2 amide bonds. The van der Waals surface area contributed by atoms with E-state index in [1.807, 2.05) is 54.3 Å². The van der Waals surface area contributed by atoms with Crippen LogP contribution >= 0.6 is 0 Å². The molecule has 1 aliphatic carbocycles. The maximum absolute atomic E-state index is 15.4. The number of nitrogens with zero attached hydrogens (tertiary/aromatic N) is 3. The summed E-state index contributed by atoms with van der Waals surface area (Å²) < 4.78 is 30.1. The number of benzene rings is 2. The molecule has 15 heteroatoms. The van der Waals surface area contributed by atoms with E-state index in [0.717, 1.165) is 23.6 Å². The zero-order valence-corrected chi connectivity index (χ0v) is 35.3. The summed E-state index contributed by atoms with van der Waals surface area (Å²) in [5, 5.41) is 14.2. The molecular weight excluding hydrogens is 785 g/mol. The zero-order valence-electron chi connectivity index (χ0n) is 35.3. The molecular formula is C46H52N4O11. The second-order valence-electron chi connectivity index (χ2n) is 18.0. The molecule has 2 bridgehead atoms. The molecule has 4 fully saturated rings. The second-order valence-corrected chi connectivity index (χ2v) is 18.0. The number of aromatic nitrogens is 1. The van der Waals surface area contributed by atoms with Crippen molar-refractivity contribution in [3.63, 3.8) is 0 Å². The lowest BCUT2D eigenvalue weighted by molar-refractivity contribution is -0.228. The molecule has 3 aromatic rings. The number of ether oxygens (including phenoxy) is 5. The van der Waals surface area contributed by atoms with Crippen LogP contribution in [0, 0.1) is 11.3 Å². The second kappa shape index (κ2) is 13.4. The molecule has 10 atom stereocenters. The van der Waals surface area contributed by atoms with E-state index < -0.39 is 75.6 Å². The molecule has 2 N–H and O–H groups in total. The topological polar surface area (TPSA) is 181 Å². The summed E-state index contributed by atoms with van der Waals surface area (Å²) in [6.07, 6.45) is 4.47. The third-order valence-electron chi connectivity index (χ3n) is 15.9. The number of carbonyl (C=O) groups excluding carboxylic acids is 5. The quantitative estimate of drug-likeness (QED) is 0.112. The van der Waals surface area contributed by atoms with E-state index in [-0.39, 0.29) is 18.1 Å². The van der Waals surface area contributed by atoms with Crippen molar-refractivity contribution >= 4 is 46.8 Å². The number of rotatable bonds is 8. The number of H-pyrrole nitrogens is 1. The van der Waals surface area contributed by atoms with Gasteiger partial charge in [-0.15, -0.1) is 0 Å². The molecule has 1 saturated carbocycles. The predicted octanol–water partition coefficient (Wildman–Crippen LogP) is 3.06. The van der Waals surface area contributed by atoms with Crippen molar-refractivity contribution in [2.45, 2.75) is 99.2 Å². The predicted molar refractivity (Wildman–Crippen MR) is 219 cm³/mol. The largest absolute Gasteiger partial charge is 0.496 e. The molecule has 1 spiro atoms. The number of para-hydroxylation sites is 1. The van der Waals surface area contributed by atoms with Gasteiger partial charge in [0.2, 0.25) is 17.9 Å². The SMILES string of the molecule is CC[C@]12CN3CCc4c([nH]c5ccccc45)[C@@](C(=O)OC)(c4cc5c(cc4OC)N(C=O)[C@H]4[C@@](O)(C(=O)OC)[C@H](OC(C)=O)[C@]6(CC)C=CCN7CC[C@]54[C@@H]76)C[C@H](C3=O)C1O2. The fourth-order valence-corrected chi connectivity index (χ4v) is 13.5. The molecule has 3 saturated heterocycles. The van der Waals surface area contributed by atoms with Crippen molar-refractivity contribution in [3.8, 4) is 5.75 Å². The molecule has 15 nitrogen and oxygen atoms in total. The van der Waals surface area contributed by atoms with Crippen LogP contribution in [0.1, 0.15) is 68.8 Å². The maximum atomic E-state index is 15.4. The van der Waals surface area contributed by atoms with Crippen molar-refractivity contribution in [1.29, 1.82) is 0 Å².